The van der Waals surface area contributed by atoms with Gasteiger partial charge in [-0.15, -0.1) is 11.8 Å². The highest BCUT2D eigenvalue weighted by Gasteiger charge is 2.19. The Balaban J connectivity index is 2.66. The lowest BCUT2D eigenvalue weighted by Crippen LogP contribution is -2.41. The van der Waals surface area contributed by atoms with Gasteiger partial charge in [-0.3, -0.25) is 4.79 Å². The van der Waals surface area contributed by atoms with Crippen LogP contribution in [-0.4, -0.2) is 33.8 Å². The molecule has 0 aliphatic carbocycles. The zero-order valence-corrected chi connectivity index (χ0v) is 12.5. The van der Waals surface area contributed by atoms with Crippen LogP contribution < -0.4 is 5.32 Å². The van der Waals surface area contributed by atoms with Gasteiger partial charge in [-0.2, -0.15) is 0 Å². The van der Waals surface area contributed by atoms with Gasteiger partial charge in [0.05, 0.1) is 5.02 Å². The molecule has 0 aromatic carbocycles. The van der Waals surface area contributed by atoms with Gasteiger partial charge in [0.2, 0.25) is 5.91 Å². The molecule has 0 saturated carbocycles. The SMILES string of the molecule is CC(=O)N[C@@H](CSc1ncc(Br)cc1Cl)C(=O)O. The van der Waals surface area contributed by atoms with E-state index in [0.29, 0.717) is 10.0 Å². The average molecular weight is 354 g/mol. The third kappa shape index (κ3) is 4.83. The van der Waals surface area contributed by atoms with Crippen molar-refractivity contribution in [3.63, 3.8) is 0 Å². The van der Waals surface area contributed by atoms with Crippen molar-refractivity contribution in [1.82, 2.24) is 10.3 Å². The number of aliphatic carboxylic acids is 1. The second kappa shape index (κ2) is 6.96. The maximum atomic E-state index is 10.9. The highest BCUT2D eigenvalue weighted by atomic mass is 79.9. The smallest absolute Gasteiger partial charge is 0.327 e. The average Bonchev–Trinajstić information content (AvgIpc) is 2.25. The molecule has 0 spiro atoms. The number of thioether (sulfide) groups is 1. The van der Waals surface area contributed by atoms with E-state index in [-0.39, 0.29) is 5.75 Å². The van der Waals surface area contributed by atoms with Crippen LogP contribution >= 0.6 is 39.3 Å². The fourth-order valence-electron chi connectivity index (χ4n) is 1.09. The standard InChI is InChI=1S/C10H10BrClN2O3S/c1-5(15)14-8(10(16)17)4-18-9-7(12)2-6(11)3-13-9/h2-3,8H,4H2,1H3,(H,14,15)(H,16,17)/t8-/m0/s1. The molecule has 1 amide bonds. The molecule has 0 aliphatic heterocycles. The Morgan fingerprint density at radius 3 is 2.83 bits per heavy atom. The van der Waals surface area contributed by atoms with Crippen LogP contribution in [0.2, 0.25) is 5.02 Å². The lowest BCUT2D eigenvalue weighted by atomic mass is 10.3. The van der Waals surface area contributed by atoms with Crippen LogP contribution in [0.5, 0.6) is 0 Å². The lowest BCUT2D eigenvalue weighted by Gasteiger charge is -2.12. The monoisotopic (exact) mass is 352 g/mol. The van der Waals surface area contributed by atoms with Crippen LogP contribution in [0.1, 0.15) is 6.92 Å². The Morgan fingerprint density at radius 2 is 2.33 bits per heavy atom. The van der Waals surface area contributed by atoms with Crippen LogP contribution in [-0.2, 0) is 9.59 Å². The first-order chi connectivity index (χ1) is 8.40. The van der Waals surface area contributed by atoms with E-state index in [0.717, 1.165) is 4.47 Å². The predicted octanol–water partition coefficient (Wildman–Crippen LogP) is 2.18. The van der Waals surface area contributed by atoms with Crippen molar-refractivity contribution in [2.24, 2.45) is 0 Å². The third-order valence-corrected chi connectivity index (χ3v) is 3.77. The van der Waals surface area contributed by atoms with Crippen LogP contribution in [0.3, 0.4) is 0 Å². The van der Waals surface area contributed by atoms with Crippen LogP contribution in [0.25, 0.3) is 0 Å². The summed E-state index contributed by atoms with van der Waals surface area (Å²) in [5.41, 5.74) is 0. The highest BCUT2D eigenvalue weighted by Crippen LogP contribution is 2.27. The summed E-state index contributed by atoms with van der Waals surface area (Å²) in [5.74, 6) is -1.33. The molecule has 2 N–H and O–H groups in total. The molecular weight excluding hydrogens is 344 g/mol. The number of carboxylic acid groups (broad SMARTS) is 1. The molecule has 0 saturated heterocycles. The van der Waals surface area contributed by atoms with E-state index in [1.807, 2.05) is 0 Å². The summed E-state index contributed by atoms with van der Waals surface area (Å²) in [5, 5.41) is 12.2. The second-order valence-corrected chi connectivity index (χ2v) is 5.67. The molecule has 1 aromatic heterocycles. The molecule has 1 rings (SSSR count). The highest BCUT2D eigenvalue weighted by molar-refractivity contribution is 9.10. The Bertz CT molecular complexity index is 472. The Hall–Kier alpha value is -0.790. The molecule has 5 nitrogen and oxygen atoms in total. The van der Waals surface area contributed by atoms with E-state index in [1.165, 1.54) is 18.7 Å². The fourth-order valence-corrected chi connectivity index (χ4v) is 2.76. The summed E-state index contributed by atoms with van der Waals surface area (Å²) in [6.07, 6.45) is 1.57. The van der Waals surface area contributed by atoms with Crippen LogP contribution in [0.4, 0.5) is 0 Å². The number of amides is 1. The fraction of sp³-hybridized carbons (Fsp3) is 0.300. The molecule has 0 fully saturated rings. The van der Waals surface area contributed by atoms with Gasteiger partial charge >= 0.3 is 5.97 Å². The number of halogens is 2. The normalized spacial score (nSPS) is 11.9. The Kier molecular flexibility index (Phi) is 5.90. The van der Waals surface area contributed by atoms with E-state index in [9.17, 15) is 9.59 Å². The van der Waals surface area contributed by atoms with Crippen LogP contribution in [0.15, 0.2) is 21.8 Å². The maximum Gasteiger partial charge on any atom is 0.327 e. The number of pyridine rings is 1. The number of carboxylic acids is 1. The Morgan fingerprint density at radius 1 is 1.67 bits per heavy atom. The van der Waals surface area contributed by atoms with E-state index in [1.54, 1.807) is 12.3 Å². The predicted molar refractivity (Wildman–Crippen MR) is 72.9 cm³/mol. The molecule has 1 heterocycles. The number of nitrogens with one attached hydrogen (secondary N) is 1. The summed E-state index contributed by atoms with van der Waals surface area (Å²) in [6.45, 7) is 1.27. The van der Waals surface area contributed by atoms with Gasteiger partial charge in [0, 0.05) is 23.3 Å². The molecule has 8 heteroatoms. The minimum absolute atomic E-state index is 0.156. The minimum atomic E-state index is -1.09. The van der Waals surface area contributed by atoms with Crippen molar-refractivity contribution in [2.45, 2.75) is 18.0 Å². The zero-order valence-electron chi connectivity index (χ0n) is 9.31. The number of hydrogen-bond acceptors (Lipinski definition) is 4. The van der Waals surface area contributed by atoms with Crippen molar-refractivity contribution in [2.75, 3.05) is 5.75 Å². The lowest BCUT2D eigenvalue weighted by molar-refractivity contribution is -0.140. The molecule has 98 valence electrons. The van der Waals surface area contributed by atoms with E-state index in [4.69, 9.17) is 16.7 Å². The van der Waals surface area contributed by atoms with Gasteiger partial charge in [-0.25, -0.2) is 9.78 Å². The summed E-state index contributed by atoms with van der Waals surface area (Å²) in [4.78, 5) is 25.8. The van der Waals surface area contributed by atoms with Crippen molar-refractivity contribution < 1.29 is 14.7 Å². The molecule has 0 radical (unpaired) electrons. The topological polar surface area (TPSA) is 79.3 Å². The largest absolute Gasteiger partial charge is 0.480 e. The molecule has 1 atom stereocenters. The maximum absolute atomic E-state index is 10.9. The first-order valence-corrected chi connectivity index (χ1v) is 6.99. The summed E-state index contributed by atoms with van der Waals surface area (Å²) >= 11 is 10.3. The molecule has 1 aromatic rings. The quantitative estimate of drug-likeness (QED) is 0.793. The Labute approximate surface area is 121 Å². The molecule has 18 heavy (non-hydrogen) atoms. The first kappa shape index (κ1) is 15.3. The first-order valence-electron chi connectivity index (χ1n) is 4.84. The van der Waals surface area contributed by atoms with Gasteiger partial charge in [0.15, 0.2) is 0 Å². The van der Waals surface area contributed by atoms with Gasteiger partial charge in [0.25, 0.3) is 0 Å². The number of aromatic nitrogens is 1. The van der Waals surface area contributed by atoms with E-state index in [2.05, 4.69) is 26.2 Å². The number of carbonyl (C=O) groups excluding carboxylic acids is 1. The number of rotatable bonds is 5. The minimum Gasteiger partial charge on any atom is -0.480 e. The molecular formula is C10H10BrClN2O3S. The van der Waals surface area contributed by atoms with Crippen molar-refractivity contribution in [3.05, 3.63) is 21.8 Å². The molecule has 0 bridgehead atoms. The van der Waals surface area contributed by atoms with Gasteiger partial charge < -0.3 is 10.4 Å². The number of carbonyl (C=O) groups is 2. The summed E-state index contributed by atoms with van der Waals surface area (Å²) < 4.78 is 0.744. The van der Waals surface area contributed by atoms with Crippen molar-refractivity contribution in [1.29, 1.82) is 0 Å². The van der Waals surface area contributed by atoms with E-state index >= 15 is 0 Å². The van der Waals surface area contributed by atoms with Gasteiger partial charge in [0.1, 0.15) is 11.1 Å². The third-order valence-electron chi connectivity index (χ3n) is 1.84. The second-order valence-electron chi connectivity index (χ2n) is 3.34. The molecule has 0 aliphatic rings. The van der Waals surface area contributed by atoms with Gasteiger partial charge in [-0.05, 0) is 22.0 Å². The van der Waals surface area contributed by atoms with E-state index < -0.39 is 17.9 Å². The van der Waals surface area contributed by atoms with Crippen molar-refractivity contribution >= 4 is 51.2 Å². The molecule has 0 unspecified atom stereocenters. The number of nitrogens with zero attached hydrogens (tertiary/aromatic N) is 1. The zero-order chi connectivity index (χ0) is 13.7. The summed E-state index contributed by atoms with van der Waals surface area (Å²) in [6, 6.07) is 0.708. The van der Waals surface area contributed by atoms with Crippen LogP contribution in [0, 0.1) is 0 Å². The summed E-state index contributed by atoms with van der Waals surface area (Å²) in [7, 11) is 0. The van der Waals surface area contributed by atoms with Crippen molar-refractivity contribution in [3.8, 4) is 0 Å². The van der Waals surface area contributed by atoms with Gasteiger partial charge in [-0.1, -0.05) is 11.6 Å². The number of hydrogen-bond donors (Lipinski definition) is 2.